The van der Waals surface area contributed by atoms with Crippen LogP contribution in [0.25, 0.3) is 0 Å². The van der Waals surface area contributed by atoms with E-state index in [1.165, 1.54) is 14.0 Å². The minimum absolute atomic E-state index is 0.0416. The lowest BCUT2D eigenvalue weighted by Gasteiger charge is -2.18. The van der Waals surface area contributed by atoms with E-state index in [1.807, 2.05) is 0 Å². The van der Waals surface area contributed by atoms with E-state index in [2.05, 4.69) is 20.7 Å². The van der Waals surface area contributed by atoms with Crippen LogP contribution < -0.4 is 16.0 Å². The molecule has 0 aliphatic rings. The number of hydrogen-bond donors (Lipinski definition) is 4. The van der Waals surface area contributed by atoms with Gasteiger partial charge in [-0.2, -0.15) is 0 Å². The Hall–Kier alpha value is -1.83. The highest BCUT2D eigenvalue weighted by Crippen LogP contribution is 1.89. The van der Waals surface area contributed by atoms with Crippen molar-refractivity contribution < 1.29 is 24.2 Å². The van der Waals surface area contributed by atoms with Gasteiger partial charge in [0.2, 0.25) is 5.91 Å². The summed E-state index contributed by atoms with van der Waals surface area (Å²) in [5.74, 6) is -1.56. The molecule has 0 fully saturated rings. The molecule has 0 saturated carbocycles. The van der Waals surface area contributed by atoms with Crippen LogP contribution in [-0.4, -0.2) is 54.9 Å². The zero-order chi connectivity index (χ0) is 15.0. The van der Waals surface area contributed by atoms with Crippen LogP contribution in [-0.2, 0) is 14.3 Å². The van der Waals surface area contributed by atoms with Gasteiger partial charge in [0, 0.05) is 13.2 Å². The first-order valence-corrected chi connectivity index (χ1v) is 5.87. The summed E-state index contributed by atoms with van der Waals surface area (Å²) in [7, 11) is 1.33. The van der Waals surface area contributed by atoms with Gasteiger partial charge in [0.15, 0.2) is 6.04 Å². The molecule has 0 aromatic rings. The van der Waals surface area contributed by atoms with Crippen LogP contribution in [0.1, 0.15) is 20.8 Å². The number of aliphatic carboxylic acids is 1. The van der Waals surface area contributed by atoms with Gasteiger partial charge < -0.3 is 25.8 Å². The molecule has 0 saturated heterocycles. The van der Waals surface area contributed by atoms with Crippen molar-refractivity contribution in [3.8, 4) is 0 Å². The Balaban J connectivity index is 4.28. The molecule has 0 aliphatic carbocycles. The number of carboxylic acids is 1. The summed E-state index contributed by atoms with van der Waals surface area (Å²) in [4.78, 5) is 33.8. The smallest absolute Gasteiger partial charge is 0.328 e. The summed E-state index contributed by atoms with van der Waals surface area (Å²) < 4.78 is 4.67. The summed E-state index contributed by atoms with van der Waals surface area (Å²) in [5.41, 5.74) is 0. The zero-order valence-corrected chi connectivity index (χ0v) is 11.5. The Morgan fingerprint density at radius 3 is 2.11 bits per heavy atom. The van der Waals surface area contributed by atoms with Crippen molar-refractivity contribution in [2.45, 2.75) is 38.9 Å². The Kier molecular flexibility index (Phi) is 7.50. The van der Waals surface area contributed by atoms with Crippen LogP contribution in [0, 0.1) is 0 Å². The summed E-state index contributed by atoms with van der Waals surface area (Å²) in [5, 5.41) is 16.0. The Bertz CT molecular complexity index is 332. The number of ether oxygens (including phenoxy) is 1. The normalized spacial score (nSPS) is 13.5. The number of methoxy groups -OCH3 is 1. The highest BCUT2D eigenvalue weighted by atomic mass is 16.5. The van der Waals surface area contributed by atoms with E-state index in [1.54, 1.807) is 13.8 Å². The van der Waals surface area contributed by atoms with Crippen LogP contribution in [0.2, 0.25) is 0 Å². The van der Waals surface area contributed by atoms with Crippen molar-refractivity contribution in [2.24, 2.45) is 0 Å². The van der Waals surface area contributed by atoms with Gasteiger partial charge in [-0.1, -0.05) is 0 Å². The predicted octanol–water partition coefficient (Wildman–Crippen LogP) is -0.702. The molecule has 8 heteroatoms. The second-order valence-electron chi connectivity index (χ2n) is 4.35. The van der Waals surface area contributed by atoms with Gasteiger partial charge in [-0.3, -0.25) is 4.79 Å². The van der Waals surface area contributed by atoms with E-state index < -0.39 is 24.1 Å². The fraction of sp³-hybridized carbons (Fsp3) is 0.727. The van der Waals surface area contributed by atoms with Crippen molar-refractivity contribution in [3.63, 3.8) is 0 Å². The molecule has 0 bridgehead atoms. The standard InChI is InChI=1S/C11H21N3O5/c1-6(2)12-9(15)7(3)13-11(18)14-8(5-19-4)10(16)17/h6-8H,5H2,1-4H3,(H,12,15)(H,16,17)(H2,13,14,18). The zero-order valence-electron chi connectivity index (χ0n) is 11.5. The van der Waals surface area contributed by atoms with Crippen molar-refractivity contribution in [1.82, 2.24) is 16.0 Å². The van der Waals surface area contributed by atoms with E-state index in [-0.39, 0.29) is 18.6 Å². The molecule has 2 unspecified atom stereocenters. The molecule has 110 valence electrons. The lowest BCUT2D eigenvalue weighted by Crippen LogP contribution is -2.54. The number of carbonyl (C=O) groups is 3. The third kappa shape index (κ3) is 7.24. The summed E-state index contributed by atoms with van der Waals surface area (Å²) in [6, 6.07) is -2.71. The Morgan fingerprint density at radius 2 is 1.68 bits per heavy atom. The molecule has 4 N–H and O–H groups in total. The molecule has 0 aromatic heterocycles. The molecule has 0 spiro atoms. The molecule has 19 heavy (non-hydrogen) atoms. The lowest BCUT2D eigenvalue weighted by molar-refractivity contribution is -0.140. The maximum atomic E-state index is 11.5. The van der Waals surface area contributed by atoms with E-state index in [9.17, 15) is 14.4 Å². The maximum Gasteiger partial charge on any atom is 0.328 e. The van der Waals surface area contributed by atoms with Gasteiger partial charge in [-0.15, -0.1) is 0 Å². The molecule has 0 aromatic carbocycles. The first kappa shape index (κ1) is 17.2. The van der Waals surface area contributed by atoms with Crippen LogP contribution in [0.4, 0.5) is 4.79 Å². The SMILES string of the molecule is COCC(NC(=O)NC(C)C(=O)NC(C)C)C(=O)O. The van der Waals surface area contributed by atoms with Crippen LogP contribution in [0.5, 0.6) is 0 Å². The molecule has 8 nitrogen and oxygen atoms in total. The minimum Gasteiger partial charge on any atom is -0.480 e. The number of carboxylic acid groups (broad SMARTS) is 1. The van der Waals surface area contributed by atoms with E-state index in [0.717, 1.165) is 0 Å². The quantitative estimate of drug-likeness (QED) is 0.490. The molecule has 0 aliphatic heterocycles. The fourth-order valence-electron chi connectivity index (χ4n) is 1.21. The summed E-state index contributed by atoms with van der Waals surface area (Å²) in [6.45, 7) is 4.94. The van der Waals surface area contributed by atoms with Gasteiger partial charge >= 0.3 is 12.0 Å². The number of nitrogens with one attached hydrogen (secondary N) is 3. The molecule has 0 radical (unpaired) electrons. The fourth-order valence-corrected chi connectivity index (χ4v) is 1.21. The number of rotatable bonds is 7. The molecule has 0 rings (SSSR count). The predicted molar refractivity (Wildman–Crippen MR) is 67.7 cm³/mol. The van der Waals surface area contributed by atoms with Crippen molar-refractivity contribution in [2.75, 3.05) is 13.7 Å². The van der Waals surface area contributed by atoms with E-state index >= 15 is 0 Å². The first-order chi connectivity index (χ1) is 8.77. The molecule has 3 amide bonds. The number of amides is 3. The Labute approximate surface area is 111 Å². The van der Waals surface area contributed by atoms with Crippen LogP contribution in [0.3, 0.4) is 0 Å². The largest absolute Gasteiger partial charge is 0.480 e. The molecular formula is C11H21N3O5. The average Bonchev–Trinajstić information content (AvgIpc) is 2.27. The van der Waals surface area contributed by atoms with Crippen molar-refractivity contribution in [1.29, 1.82) is 0 Å². The second-order valence-corrected chi connectivity index (χ2v) is 4.35. The van der Waals surface area contributed by atoms with Gasteiger partial charge in [-0.25, -0.2) is 9.59 Å². The Morgan fingerprint density at radius 1 is 1.11 bits per heavy atom. The molecular weight excluding hydrogens is 254 g/mol. The van der Waals surface area contributed by atoms with Gasteiger partial charge in [0.05, 0.1) is 6.61 Å². The van der Waals surface area contributed by atoms with Gasteiger partial charge in [-0.05, 0) is 20.8 Å². The third-order valence-electron chi connectivity index (χ3n) is 2.11. The number of urea groups is 1. The summed E-state index contributed by atoms with van der Waals surface area (Å²) in [6.07, 6.45) is 0. The third-order valence-corrected chi connectivity index (χ3v) is 2.11. The van der Waals surface area contributed by atoms with Crippen molar-refractivity contribution in [3.05, 3.63) is 0 Å². The molecule has 2 atom stereocenters. The highest BCUT2D eigenvalue weighted by molar-refractivity contribution is 5.88. The highest BCUT2D eigenvalue weighted by Gasteiger charge is 2.22. The van der Waals surface area contributed by atoms with Crippen molar-refractivity contribution >= 4 is 17.9 Å². The van der Waals surface area contributed by atoms with E-state index in [4.69, 9.17) is 5.11 Å². The van der Waals surface area contributed by atoms with Crippen LogP contribution in [0.15, 0.2) is 0 Å². The monoisotopic (exact) mass is 275 g/mol. The van der Waals surface area contributed by atoms with Gasteiger partial charge in [0.25, 0.3) is 0 Å². The average molecular weight is 275 g/mol. The maximum absolute atomic E-state index is 11.5. The first-order valence-electron chi connectivity index (χ1n) is 5.87. The van der Waals surface area contributed by atoms with Crippen LogP contribution >= 0.6 is 0 Å². The summed E-state index contributed by atoms with van der Waals surface area (Å²) >= 11 is 0. The number of carbonyl (C=O) groups excluding carboxylic acids is 2. The minimum atomic E-state index is -1.21. The topological polar surface area (TPSA) is 117 Å². The molecule has 0 heterocycles. The van der Waals surface area contributed by atoms with E-state index in [0.29, 0.717) is 0 Å². The number of hydrogen-bond acceptors (Lipinski definition) is 4. The van der Waals surface area contributed by atoms with Gasteiger partial charge in [0.1, 0.15) is 6.04 Å². The second kappa shape index (κ2) is 8.30. The lowest BCUT2D eigenvalue weighted by atomic mass is 10.3.